The van der Waals surface area contributed by atoms with Crippen LogP contribution in [0, 0.1) is 0 Å². The number of piperazine rings is 1. The number of rotatable bonds is 2. The van der Waals surface area contributed by atoms with E-state index in [4.69, 9.17) is 0 Å². The molecule has 1 aromatic rings. The van der Waals surface area contributed by atoms with E-state index in [1.165, 1.54) is 32.5 Å². The first kappa shape index (κ1) is 10.3. The number of hydrogen-bond acceptors (Lipinski definition) is 2. The molecule has 2 aliphatic rings. The van der Waals surface area contributed by atoms with Gasteiger partial charge in [0.2, 0.25) is 0 Å². The highest BCUT2D eigenvalue weighted by atomic mass is 15.2. The molecular formula is C14H20N2. The SMILES string of the molecule is c1ccc2c(c1)CCC2CN1CCNCC1. The van der Waals surface area contributed by atoms with Crippen molar-refractivity contribution in [1.82, 2.24) is 10.2 Å². The lowest BCUT2D eigenvalue weighted by Gasteiger charge is -2.29. The fourth-order valence-corrected chi connectivity index (χ4v) is 3.04. The van der Waals surface area contributed by atoms with Gasteiger partial charge in [-0.2, -0.15) is 0 Å². The van der Waals surface area contributed by atoms with Crippen LogP contribution in [0.25, 0.3) is 0 Å². The van der Waals surface area contributed by atoms with E-state index in [1.807, 2.05) is 0 Å². The van der Waals surface area contributed by atoms with Crippen LogP contribution < -0.4 is 5.32 Å². The summed E-state index contributed by atoms with van der Waals surface area (Å²) in [5.74, 6) is 0.786. The lowest BCUT2D eigenvalue weighted by Crippen LogP contribution is -2.44. The van der Waals surface area contributed by atoms with Gasteiger partial charge in [-0.1, -0.05) is 24.3 Å². The second-order valence-electron chi connectivity index (χ2n) is 4.99. The molecule has 1 heterocycles. The average Bonchev–Trinajstić information content (AvgIpc) is 2.74. The Hall–Kier alpha value is -0.860. The minimum absolute atomic E-state index is 0.786. The molecule has 86 valence electrons. The van der Waals surface area contributed by atoms with Crippen LogP contribution in [-0.4, -0.2) is 37.6 Å². The Balaban J connectivity index is 1.68. The summed E-state index contributed by atoms with van der Waals surface area (Å²) in [7, 11) is 0. The van der Waals surface area contributed by atoms with Crippen LogP contribution in [0.3, 0.4) is 0 Å². The number of nitrogens with zero attached hydrogens (tertiary/aromatic N) is 1. The smallest absolute Gasteiger partial charge is 0.0108 e. The van der Waals surface area contributed by atoms with E-state index in [0.29, 0.717) is 0 Å². The van der Waals surface area contributed by atoms with E-state index < -0.39 is 0 Å². The monoisotopic (exact) mass is 216 g/mol. The van der Waals surface area contributed by atoms with Crippen molar-refractivity contribution in [3.8, 4) is 0 Å². The first-order valence-corrected chi connectivity index (χ1v) is 6.44. The zero-order valence-electron chi connectivity index (χ0n) is 9.78. The third-order valence-electron chi connectivity index (χ3n) is 3.95. The molecular weight excluding hydrogens is 196 g/mol. The summed E-state index contributed by atoms with van der Waals surface area (Å²) in [6.07, 6.45) is 2.64. The summed E-state index contributed by atoms with van der Waals surface area (Å²) in [6.45, 7) is 6.03. The number of nitrogens with one attached hydrogen (secondary N) is 1. The van der Waals surface area contributed by atoms with Gasteiger partial charge in [-0.25, -0.2) is 0 Å². The number of benzene rings is 1. The number of fused-ring (bicyclic) bond motifs is 1. The molecule has 1 fully saturated rings. The zero-order chi connectivity index (χ0) is 10.8. The Morgan fingerprint density at radius 2 is 2.00 bits per heavy atom. The van der Waals surface area contributed by atoms with E-state index in [1.54, 1.807) is 11.1 Å². The molecule has 2 heteroatoms. The minimum Gasteiger partial charge on any atom is -0.314 e. The van der Waals surface area contributed by atoms with Crippen molar-refractivity contribution in [1.29, 1.82) is 0 Å². The highest BCUT2D eigenvalue weighted by Crippen LogP contribution is 2.33. The van der Waals surface area contributed by atoms with E-state index in [-0.39, 0.29) is 0 Å². The summed E-state index contributed by atoms with van der Waals surface area (Å²) >= 11 is 0. The van der Waals surface area contributed by atoms with Crippen LogP contribution in [0.2, 0.25) is 0 Å². The standard InChI is InChI=1S/C14H20N2/c1-2-4-14-12(3-1)5-6-13(14)11-16-9-7-15-8-10-16/h1-4,13,15H,5-11H2. The molecule has 16 heavy (non-hydrogen) atoms. The Morgan fingerprint density at radius 1 is 1.19 bits per heavy atom. The molecule has 1 N–H and O–H groups in total. The van der Waals surface area contributed by atoms with E-state index in [0.717, 1.165) is 19.0 Å². The summed E-state index contributed by atoms with van der Waals surface area (Å²) in [4.78, 5) is 2.61. The van der Waals surface area contributed by atoms with E-state index >= 15 is 0 Å². The molecule has 0 radical (unpaired) electrons. The molecule has 0 saturated carbocycles. The quantitative estimate of drug-likeness (QED) is 0.808. The molecule has 0 spiro atoms. The predicted molar refractivity (Wildman–Crippen MR) is 66.8 cm³/mol. The van der Waals surface area contributed by atoms with Gasteiger partial charge in [0.1, 0.15) is 0 Å². The second kappa shape index (κ2) is 4.56. The largest absolute Gasteiger partial charge is 0.314 e. The summed E-state index contributed by atoms with van der Waals surface area (Å²) in [6, 6.07) is 8.99. The Bertz CT molecular complexity index is 356. The number of aryl methyl sites for hydroxylation is 1. The van der Waals surface area contributed by atoms with E-state index in [9.17, 15) is 0 Å². The Morgan fingerprint density at radius 3 is 2.88 bits per heavy atom. The summed E-state index contributed by atoms with van der Waals surface area (Å²) in [5, 5.41) is 3.42. The third-order valence-corrected chi connectivity index (χ3v) is 3.95. The van der Waals surface area contributed by atoms with Crippen LogP contribution in [0.5, 0.6) is 0 Å². The highest BCUT2D eigenvalue weighted by molar-refractivity contribution is 5.35. The normalized spacial score (nSPS) is 25.6. The van der Waals surface area contributed by atoms with Crippen LogP contribution in [-0.2, 0) is 6.42 Å². The Labute approximate surface area is 97.6 Å². The number of hydrogen-bond donors (Lipinski definition) is 1. The summed E-state index contributed by atoms with van der Waals surface area (Å²) < 4.78 is 0. The summed E-state index contributed by atoms with van der Waals surface area (Å²) in [5.41, 5.74) is 3.20. The molecule has 0 aromatic heterocycles. The van der Waals surface area contributed by atoms with Crippen LogP contribution >= 0.6 is 0 Å². The fourth-order valence-electron chi connectivity index (χ4n) is 3.04. The molecule has 2 nitrogen and oxygen atoms in total. The van der Waals surface area contributed by atoms with Gasteiger partial charge in [0.25, 0.3) is 0 Å². The van der Waals surface area contributed by atoms with Crippen molar-refractivity contribution in [2.75, 3.05) is 32.7 Å². The van der Waals surface area contributed by atoms with Gasteiger partial charge in [-0.3, -0.25) is 0 Å². The van der Waals surface area contributed by atoms with Gasteiger partial charge >= 0.3 is 0 Å². The lowest BCUT2D eigenvalue weighted by atomic mass is 10.0. The molecule has 1 aromatic carbocycles. The van der Waals surface area contributed by atoms with Crippen molar-refractivity contribution in [2.45, 2.75) is 18.8 Å². The highest BCUT2D eigenvalue weighted by Gasteiger charge is 2.24. The van der Waals surface area contributed by atoms with Crippen molar-refractivity contribution in [2.24, 2.45) is 0 Å². The van der Waals surface area contributed by atoms with Crippen molar-refractivity contribution >= 4 is 0 Å². The fraction of sp³-hybridized carbons (Fsp3) is 0.571. The van der Waals surface area contributed by atoms with Gasteiger partial charge in [0.15, 0.2) is 0 Å². The average molecular weight is 216 g/mol. The first-order chi connectivity index (χ1) is 7.93. The maximum atomic E-state index is 3.42. The molecule has 1 unspecified atom stereocenters. The van der Waals surface area contributed by atoms with Crippen LogP contribution in [0.4, 0.5) is 0 Å². The lowest BCUT2D eigenvalue weighted by molar-refractivity contribution is 0.226. The predicted octanol–water partition coefficient (Wildman–Crippen LogP) is 1.62. The third kappa shape index (κ3) is 2.00. The maximum absolute atomic E-state index is 3.42. The van der Waals surface area contributed by atoms with Crippen LogP contribution in [0.1, 0.15) is 23.5 Å². The van der Waals surface area contributed by atoms with Gasteiger partial charge in [0.05, 0.1) is 0 Å². The van der Waals surface area contributed by atoms with Crippen molar-refractivity contribution < 1.29 is 0 Å². The zero-order valence-corrected chi connectivity index (χ0v) is 9.78. The van der Waals surface area contributed by atoms with Gasteiger partial charge in [-0.05, 0) is 29.9 Å². The molecule has 0 bridgehead atoms. The van der Waals surface area contributed by atoms with Crippen molar-refractivity contribution in [3.63, 3.8) is 0 Å². The molecule has 1 saturated heterocycles. The molecule has 1 atom stereocenters. The maximum Gasteiger partial charge on any atom is 0.0108 e. The second-order valence-corrected chi connectivity index (χ2v) is 4.99. The molecule has 0 amide bonds. The van der Waals surface area contributed by atoms with Gasteiger partial charge in [-0.15, -0.1) is 0 Å². The Kier molecular flexibility index (Phi) is 2.94. The van der Waals surface area contributed by atoms with Crippen molar-refractivity contribution in [3.05, 3.63) is 35.4 Å². The molecule has 3 rings (SSSR count). The topological polar surface area (TPSA) is 15.3 Å². The van der Waals surface area contributed by atoms with E-state index in [2.05, 4.69) is 34.5 Å². The molecule has 1 aliphatic heterocycles. The van der Waals surface area contributed by atoms with Crippen LogP contribution in [0.15, 0.2) is 24.3 Å². The minimum atomic E-state index is 0.786. The van der Waals surface area contributed by atoms with Gasteiger partial charge in [0, 0.05) is 32.7 Å². The molecule has 1 aliphatic carbocycles. The van der Waals surface area contributed by atoms with Gasteiger partial charge < -0.3 is 10.2 Å². The first-order valence-electron chi connectivity index (χ1n) is 6.44.